The first kappa shape index (κ1) is 28.2. The molecule has 1 amide bonds. The third-order valence-electron chi connectivity index (χ3n) is 4.76. The van der Waals surface area contributed by atoms with E-state index in [9.17, 15) is 21.6 Å². The van der Waals surface area contributed by atoms with E-state index < -0.39 is 32.0 Å². The number of nitrogens with one attached hydrogen (secondary N) is 1. The third kappa shape index (κ3) is 6.98. The van der Waals surface area contributed by atoms with Crippen LogP contribution in [0.4, 0.5) is 5.69 Å². The van der Waals surface area contributed by atoms with E-state index in [0.29, 0.717) is 5.75 Å². The zero-order valence-corrected chi connectivity index (χ0v) is 22.3. The number of benzene rings is 2. The molecule has 0 saturated carbocycles. The first-order chi connectivity index (χ1) is 15.8. The average Bonchev–Trinajstić information content (AvgIpc) is 2.76. The number of halogens is 2. The molecule has 0 bridgehead atoms. The molecule has 0 aliphatic carbocycles. The van der Waals surface area contributed by atoms with Crippen LogP contribution in [0.25, 0.3) is 0 Å². The molecule has 0 saturated heterocycles. The molecule has 2 aromatic rings. The van der Waals surface area contributed by atoms with Gasteiger partial charge in [-0.25, -0.2) is 21.1 Å². The molecule has 2 rings (SSSR count). The molecule has 0 aliphatic rings. The van der Waals surface area contributed by atoms with Gasteiger partial charge in [0.05, 0.1) is 33.4 Å². The van der Waals surface area contributed by atoms with Gasteiger partial charge >= 0.3 is 0 Å². The van der Waals surface area contributed by atoms with Crippen molar-refractivity contribution in [1.29, 1.82) is 0 Å². The van der Waals surface area contributed by atoms with Crippen LogP contribution in [0.3, 0.4) is 0 Å². The monoisotopic (exact) mass is 551 g/mol. The Morgan fingerprint density at radius 3 is 2.15 bits per heavy atom. The lowest BCUT2D eigenvalue weighted by Gasteiger charge is -2.30. The lowest BCUT2D eigenvalue weighted by Crippen LogP contribution is -2.50. The van der Waals surface area contributed by atoms with Gasteiger partial charge in [-0.05, 0) is 48.9 Å². The van der Waals surface area contributed by atoms with Crippen LogP contribution >= 0.6 is 23.2 Å². The summed E-state index contributed by atoms with van der Waals surface area (Å²) in [6.07, 6.45) is 1.22. The molecule has 1 unspecified atom stereocenters. The van der Waals surface area contributed by atoms with Gasteiger partial charge in [0.25, 0.3) is 0 Å². The van der Waals surface area contributed by atoms with E-state index in [1.54, 1.807) is 6.92 Å². The van der Waals surface area contributed by atoms with Crippen LogP contribution in [-0.2, 0) is 24.8 Å². The second-order valence-corrected chi connectivity index (χ2v) is 12.3. The summed E-state index contributed by atoms with van der Waals surface area (Å²) in [5, 5.41) is 3.10. The summed E-state index contributed by atoms with van der Waals surface area (Å²) in [5.74, 6) is -0.0809. The Labute approximate surface area is 210 Å². The van der Waals surface area contributed by atoms with Gasteiger partial charge in [0.1, 0.15) is 18.4 Å². The van der Waals surface area contributed by atoms with Crippen molar-refractivity contribution in [3.8, 4) is 5.75 Å². The maximum Gasteiger partial charge on any atom is 0.244 e. The Bertz CT molecular complexity index is 1220. The smallest absolute Gasteiger partial charge is 0.244 e. The summed E-state index contributed by atoms with van der Waals surface area (Å²) in [7, 11) is -4.47. The van der Waals surface area contributed by atoms with E-state index in [1.165, 1.54) is 56.6 Å². The summed E-state index contributed by atoms with van der Waals surface area (Å²) in [4.78, 5) is 12.9. The molecule has 1 N–H and O–H groups in total. The molecule has 0 radical (unpaired) electrons. The molecule has 34 heavy (non-hydrogen) atoms. The predicted molar refractivity (Wildman–Crippen MR) is 134 cm³/mol. The van der Waals surface area contributed by atoms with Gasteiger partial charge in [0.15, 0.2) is 0 Å². The second kappa shape index (κ2) is 11.6. The molecule has 0 fully saturated rings. The topological polar surface area (TPSA) is 113 Å². The van der Waals surface area contributed by atoms with Crippen molar-refractivity contribution in [1.82, 2.24) is 9.62 Å². The van der Waals surface area contributed by atoms with Gasteiger partial charge in [-0.1, -0.05) is 30.1 Å². The van der Waals surface area contributed by atoms with Crippen molar-refractivity contribution in [3.63, 3.8) is 0 Å². The van der Waals surface area contributed by atoms with Crippen molar-refractivity contribution in [2.75, 3.05) is 37.8 Å². The van der Waals surface area contributed by atoms with Gasteiger partial charge in [-0.3, -0.25) is 9.10 Å². The lowest BCUT2D eigenvalue weighted by molar-refractivity contribution is -0.122. The lowest BCUT2D eigenvalue weighted by atomic mass is 10.2. The maximum atomic E-state index is 12.8. The minimum Gasteiger partial charge on any atom is -0.492 e. The van der Waals surface area contributed by atoms with Gasteiger partial charge in [-0.2, -0.15) is 0 Å². The standard InChI is InChI=1S/C21H27Cl2N3O6S2/c1-5-20(26(33(4,28)29)15-6-11-18(22)19(23)14-15)21(27)24-12-13-32-16-7-9-17(10-8-16)34(30,31)25(2)3/h6-11,14,20H,5,12-13H2,1-4H3,(H,24,27). The first-order valence-corrected chi connectivity index (χ1v) is 14.2. The summed E-state index contributed by atoms with van der Waals surface area (Å²) in [6.45, 7) is 1.89. The first-order valence-electron chi connectivity index (χ1n) is 10.2. The Morgan fingerprint density at radius 2 is 1.65 bits per heavy atom. The molecule has 0 aromatic heterocycles. The summed E-state index contributed by atoms with van der Waals surface area (Å²) >= 11 is 12.0. The highest BCUT2D eigenvalue weighted by molar-refractivity contribution is 7.92. The van der Waals surface area contributed by atoms with Crippen molar-refractivity contribution in [2.45, 2.75) is 24.3 Å². The van der Waals surface area contributed by atoms with E-state index in [1.807, 2.05) is 0 Å². The zero-order chi connectivity index (χ0) is 25.7. The van der Waals surface area contributed by atoms with Crippen molar-refractivity contribution in [3.05, 3.63) is 52.5 Å². The van der Waals surface area contributed by atoms with Crippen LogP contribution in [0.1, 0.15) is 13.3 Å². The van der Waals surface area contributed by atoms with E-state index in [-0.39, 0.29) is 40.2 Å². The van der Waals surface area contributed by atoms with Crippen LogP contribution < -0.4 is 14.4 Å². The Kier molecular flexibility index (Phi) is 9.61. The number of nitrogens with zero attached hydrogens (tertiary/aromatic N) is 2. The molecular formula is C21H27Cl2N3O6S2. The third-order valence-corrected chi connectivity index (χ3v) is 8.51. The number of carbonyl (C=O) groups excluding carboxylic acids is 1. The fourth-order valence-electron chi connectivity index (χ4n) is 3.06. The minimum absolute atomic E-state index is 0.0909. The van der Waals surface area contributed by atoms with E-state index in [4.69, 9.17) is 27.9 Å². The van der Waals surface area contributed by atoms with Crippen LogP contribution in [0.5, 0.6) is 5.75 Å². The average molecular weight is 553 g/mol. The summed E-state index contributed by atoms with van der Waals surface area (Å²) < 4.78 is 56.9. The van der Waals surface area contributed by atoms with Gasteiger partial charge in [0.2, 0.25) is 26.0 Å². The fraction of sp³-hybridized carbons (Fsp3) is 0.381. The number of anilines is 1. The molecule has 1 atom stereocenters. The van der Waals surface area contributed by atoms with Crippen LogP contribution in [0.2, 0.25) is 10.0 Å². The van der Waals surface area contributed by atoms with Gasteiger partial charge in [-0.15, -0.1) is 0 Å². The van der Waals surface area contributed by atoms with Crippen molar-refractivity contribution >= 4 is 54.8 Å². The Morgan fingerprint density at radius 1 is 1.03 bits per heavy atom. The molecule has 0 heterocycles. The predicted octanol–water partition coefficient (Wildman–Crippen LogP) is 2.98. The minimum atomic E-state index is -3.81. The Balaban J connectivity index is 2.03. The van der Waals surface area contributed by atoms with Crippen LogP contribution in [-0.4, -0.2) is 66.6 Å². The zero-order valence-electron chi connectivity index (χ0n) is 19.2. The molecule has 9 nitrogen and oxygen atoms in total. The SMILES string of the molecule is CCC(C(=O)NCCOc1ccc(S(=O)(=O)N(C)C)cc1)N(c1ccc(Cl)c(Cl)c1)S(C)(=O)=O. The molecular weight excluding hydrogens is 525 g/mol. The molecule has 0 aliphatic heterocycles. The molecule has 13 heteroatoms. The van der Waals surface area contributed by atoms with Crippen molar-refractivity contribution in [2.24, 2.45) is 0 Å². The quantitative estimate of drug-likeness (QED) is 0.429. The number of carbonyl (C=O) groups is 1. The van der Waals surface area contributed by atoms with E-state index >= 15 is 0 Å². The molecule has 188 valence electrons. The number of sulfonamides is 2. The number of hydrogen-bond donors (Lipinski definition) is 1. The largest absolute Gasteiger partial charge is 0.492 e. The number of ether oxygens (including phenoxy) is 1. The van der Waals surface area contributed by atoms with E-state index in [0.717, 1.165) is 14.9 Å². The summed E-state index contributed by atoms with van der Waals surface area (Å²) in [6, 6.07) is 9.22. The molecule has 2 aromatic carbocycles. The fourth-order valence-corrected chi connectivity index (χ4v) is 5.46. The number of amides is 1. The number of hydrogen-bond acceptors (Lipinski definition) is 6. The molecule has 0 spiro atoms. The van der Waals surface area contributed by atoms with Gasteiger partial charge in [0, 0.05) is 14.1 Å². The van der Waals surface area contributed by atoms with Crippen LogP contribution in [0.15, 0.2) is 47.4 Å². The van der Waals surface area contributed by atoms with E-state index in [2.05, 4.69) is 5.32 Å². The normalized spacial score (nSPS) is 12.9. The Hall–Kier alpha value is -2.05. The van der Waals surface area contributed by atoms with Gasteiger partial charge < -0.3 is 10.1 Å². The summed E-state index contributed by atoms with van der Waals surface area (Å²) in [5.41, 5.74) is 0.225. The maximum absolute atomic E-state index is 12.8. The highest BCUT2D eigenvalue weighted by Crippen LogP contribution is 2.30. The van der Waals surface area contributed by atoms with Crippen molar-refractivity contribution < 1.29 is 26.4 Å². The highest BCUT2D eigenvalue weighted by Gasteiger charge is 2.31. The van der Waals surface area contributed by atoms with Crippen LogP contribution in [0, 0.1) is 0 Å². The highest BCUT2D eigenvalue weighted by atomic mass is 35.5. The number of rotatable bonds is 11. The second-order valence-electron chi connectivity index (χ2n) is 7.48.